The molecule has 0 fully saturated rings. The van der Waals surface area contributed by atoms with Gasteiger partial charge < -0.3 is 9.47 Å². The molecule has 0 atom stereocenters. The zero-order chi connectivity index (χ0) is 8.69. The Bertz CT molecular complexity index is 124. The zero-order valence-corrected chi connectivity index (χ0v) is 9.94. The van der Waals surface area contributed by atoms with Crippen LogP contribution in [0, 0.1) is 0 Å². The predicted molar refractivity (Wildman–Crippen MR) is 50.7 cm³/mol. The minimum Gasteiger partial charge on any atom is -0.466 e. The third kappa shape index (κ3) is 4.09. The zero-order valence-electron chi connectivity index (χ0n) is 7.94. The molecule has 0 saturated heterocycles. The van der Waals surface area contributed by atoms with Gasteiger partial charge in [-0.15, -0.1) is 0 Å². The van der Waals surface area contributed by atoms with Crippen LogP contribution < -0.4 is 0 Å². The van der Waals surface area contributed by atoms with Gasteiger partial charge in [0, 0.05) is 15.8 Å². The standard InChI is InChI=1S/C8H18O2Si/c1-4-9-8(10-5-2)7(3)6-11/h4-6H2,1-3,11H3. The average molecular weight is 174 g/mol. The maximum absolute atomic E-state index is 5.31. The summed E-state index contributed by atoms with van der Waals surface area (Å²) in [5.41, 5.74) is 1.24. The molecule has 0 aliphatic carbocycles. The van der Waals surface area contributed by atoms with Crippen molar-refractivity contribution in [3.8, 4) is 0 Å². The molecule has 0 unspecified atom stereocenters. The summed E-state index contributed by atoms with van der Waals surface area (Å²) in [5, 5.41) is 0. The van der Waals surface area contributed by atoms with Crippen molar-refractivity contribution < 1.29 is 9.47 Å². The van der Waals surface area contributed by atoms with Gasteiger partial charge in [-0.25, -0.2) is 0 Å². The van der Waals surface area contributed by atoms with Gasteiger partial charge in [-0.05, 0) is 26.8 Å². The molecule has 0 saturated carbocycles. The summed E-state index contributed by atoms with van der Waals surface area (Å²) < 4.78 is 10.6. The lowest BCUT2D eigenvalue weighted by atomic mass is 10.4. The molecule has 2 nitrogen and oxygen atoms in total. The molecular formula is C8H18O2Si. The molecule has 0 radical (unpaired) electrons. The summed E-state index contributed by atoms with van der Waals surface area (Å²) in [6.07, 6.45) is 0. The van der Waals surface area contributed by atoms with Gasteiger partial charge in [0.2, 0.25) is 0 Å². The Labute approximate surface area is 72.0 Å². The highest BCUT2D eigenvalue weighted by Crippen LogP contribution is 2.09. The lowest BCUT2D eigenvalue weighted by Gasteiger charge is -2.11. The van der Waals surface area contributed by atoms with E-state index in [-0.39, 0.29) is 0 Å². The van der Waals surface area contributed by atoms with Crippen LogP contribution in [0.5, 0.6) is 0 Å². The Morgan fingerprint density at radius 3 is 1.91 bits per heavy atom. The maximum atomic E-state index is 5.31. The molecule has 0 aliphatic heterocycles. The van der Waals surface area contributed by atoms with Gasteiger partial charge in [0.1, 0.15) is 0 Å². The van der Waals surface area contributed by atoms with Crippen LogP contribution in [0.15, 0.2) is 11.5 Å². The van der Waals surface area contributed by atoms with Crippen molar-refractivity contribution in [1.82, 2.24) is 0 Å². The van der Waals surface area contributed by atoms with Crippen LogP contribution in [0.2, 0.25) is 6.04 Å². The fraction of sp³-hybridized carbons (Fsp3) is 0.750. The number of ether oxygens (including phenoxy) is 2. The molecule has 0 bridgehead atoms. The average Bonchev–Trinajstić information content (AvgIpc) is 2.03. The van der Waals surface area contributed by atoms with Crippen molar-refractivity contribution in [2.75, 3.05) is 13.2 Å². The van der Waals surface area contributed by atoms with E-state index in [0.717, 1.165) is 12.0 Å². The molecular weight excluding hydrogens is 156 g/mol. The molecule has 0 aromatic heterocycles. The lowest BCUT2D eigenvalue weighted by Crippen LogP contribution is -2.00. The first kappa shape index (κ1) is 10.6. The van der Waals surface area contributed by atoms with Gasteiger partial charge in [-0.3, -0.25) is 0 Å². The number of hydrogen-bond donors (Lipinski definition) is 0. The Hall–Kier alpha value is -0.443. The van der Waals surface area contributed by atoms with Crippen LogP contribution in [-0.2, 0) is 9.47 Å². The quantitative estimate of drug-likeness (QED) is 0.458. The Morgan fingerprint density at radius 1 is 1.18 bits per heavy atom. The van der Waals surface area contributed by atoms with Crippen LogP contribution in [-0.4, -0.2) is 23.5 Å². The Balaban J connectivity index is 4.05. The van der Waals surface area contributed by atoms with Crippen molar-refractivity contribution in [3.63, 3.8) is 0 Å². The number of rotatable bonds is 5. The minimum atomic E-state index is 0.689. The summed E-state index contributed by atoms with van der Waals surface area (Å²) in [6, 6.07) is 1.12. The lowest BCUT2D eigenvalue weighted by molar-refractivity contribution is 0.0429. The van der Waals surface area contributed by atoms with Gasteiger partial charge in [-0.1, -0.05) is 0 Å². The Kier molecular flexibility index (Phi) is 6.03. The minimum absolute atomic E-state index is 0.689. The second-order valence-corrected chi connectivity index (χ2v) is 2.99. The maximum Gasteiger partial charge on any atom is 0.277 e. The van der Waals surface area contributed by atoms with Gasteiger partial charge in [-0.2, -0.15) is 0 Å². The highest BCUT2D eigenvalue weighted by molar-refractivity contribution is 6.10. The molecule has 0 aromatic carbocycles. The number of allylic oxidation sites excluding steroid dienone is 1. The van der Waals surface area contributed by atoms with Crippen molar-refractivity contribution in [1.29, 1.82) is 0 Å². The van der Waals surface area contributed by atoms with Gasteiger partial charge in [0.15, 0.2) is 0 Å². The van der Waals surface area contributed by atoms with E-state index in [4.69, 9.17) is 9.47 Å². The van der Waals surface area contributed by atoms with Gasteiger partial charge >= 0.3 is 0 Å². The van der Waals surface area contributed by atoms with Crippen molar-refractivity contribution in [3.05, 3.63) is 11.5 Å². The van der Waals surface area contributed by atoms with Crippen LogP contribution in [0.25, 0.3) is 0 Å². The first-order valence-corrected chi connectivity index (χ1v) is 5.62. The Morgan fingerprint density at radius 2 is 1.64 bits per heavy atom. The van der Waals surface area contributed by atoms with E-state index >= 15 is 0 Å². The van der Waals surface area contributed by atoms with Gasteiger partial charge in [0.25, 0.3) is 5.95 Å². The highest BCUT2D eigenvalue weighted by atomic mass is 28.1. The van der Waals surface area contributed by atoms with Crippen LogP contribution in [0.1, 0.15) is 20.8 Å². The molecule has 66 valence electrons. The highest BCUT2D eigenvalue weighted by Gasteiger charge is 2.01. The fourth-order valence-corrected chi connectivity index (χ4v) is 0.983. The van der Waals surface area contributed by atoms with Gasteiger partial charge in [0.05, 0.1) is 13.2 Å². The summed E-state index contributed by atoms with van der Waals surface area (Å²) in [7, 11) is 1.17. The van der Waals surface area contributed by atoms with Crippen LogP contribution in [0.3, 0.4) is 0 Å². The summed E-state index contributed by atoms with van der Waals surface area (Å²) in [6.45, 7) is 7.38. The molecule has 3 heteroatoms. The van der Waals surface area contributed by atoms with Crippen molar-refractivity contribution in [2.45, 2.75) is 26.8 Å². The molecule has 0 spiro atoms. The molecule has 0 amide bonds. The normalized spacial score (nSPS) is 9.36. The van der Waals surface area contributed by atoms with Crippen LogP contribution >= 0.6 is 0 Å². The molecule has 0 aliphatic rings. The van der Waals surface area contributed by atoms with E-state index in [1.54, 1.807) is 0 Å². The monoisotopic (exact) mass is 174 g/mol. The van der Waals surface area contributed by atoms with E-state index in [1.807, 2.05) is 13.8 Å². The fourth-order valence-electron chi connectivity index (χ4n) is 0.695. The second kappa shape index (κ2) is 6.28. The molecule has 0 aromatic rings. The number of hydrogen-bond acceptors (Lipinski definition) is 2. The molecule has 0 N–H and O–H groups in total. The van der Waals surface area contributed by atoms with Crippen molar-refractivity contribution >= 4 is 10.2 Å². The topological polar surface area (TPSA) is 18.5 Å². The largest absolute Gasteiger partial charge is 0.466 e. The third-order valence-corrected chi connectivity index (χ3v) is 2.49. The predicted octanol–water partition coefficient (Wildman–Crippen LogP) is 1.07. The molecule has 0 rings (SSSR count). The summed E-state index contributed by atoms with van der Waals surface area (Å²) in [4.78, 5) is 0. The molecule has 11 heavy (non-hydrogen) atoms. The summed E-state index contributed by atoms with van der Waals surface area (Å²) >= 11 is 0. The third-order valence-electron chi connectivity index (χ3n) is 1.43. The van der Waals surface area contributed by atoms with E-state index in [0.29, 0.717) is 13.2 Å². The van der Waals surface area contributed by atoms with E-state index in [2.05, 4.69) is 6.92 Å². The second-order valence-electron chi connectivity index (χ2n) is 2.29. The van der Waals surface area contributed by atoms with Crippen molar-refractivity contribution in [2.24, 2.45) is 0 Å². The summed E-state index contributed by atoms with van der Waals surface area (Å²) in [5.74, 6) is 0.741. The van der Waals surface area contributed by atoms with E-state index in [1.165, 1.54) is 15.8 Å². The van der Waals surface area contributed by atoms with E-state index < -0.39 is 0 Å². The first-order valence-electron chi connectivity index (χ1n) is 4.21. The first-order chi connectivity index (χ1) is 5.26. The molecule has 0 heterocycles. The van der Waals surface area contributed by atoms with Crippen LogP contribution in [0.4, 0.5) is 0 Å². The van der Waals surface area contributed by atoms with E-state index in [9.17, 15) is 0 Å². The SMILES string of the molecule is CCOC(OCC)=C(C)C[SiH3]. The smallest absolute Gasteiger partial charge is 0.277 e.